The average Bonchev–Trinajstić information content (AvgIpc) is 2.13. The number of nitrogens with zero attached hydrogens (tertiary/aromatic N) is 1. The molecule has 0 atom stereocenters. The lowest BCUT2D eigenvalue weighted by atomic mass is 10.3. The topological polar surface area (TPSA) is 89.7 Å². The van der Waals surface area contributed by atoms with Gasteiger partial charge in [0.2, 0.25) is 0 Å². The molecule has 7 heteroatoms. The van der Waals surface area contributed by atoms with Crippen LogP contribution >= 0.6 is 15.9 Å². The molecule has 1 aromatic rings. The molecule has 80 valence electrons. The molecule has 0 amide bonds. The van der Waals surface area contributed by atoms with Gasteiger partial charge in [0.05, 0.1) is 11.0 Å². The second kappa shape index (κ2) is 4.74. The maximum atomic E-state index is 10.5. The highest BCUT2D eigenvalue weighted by Gasteiger charge is 2.10. The van der Waals surface area contributed by atoms with Crippen LogP contribution in [0.5, 0.6) is 5.75 Å². The predicted molar refractivity (Wildman–Crippen MR) is 53.9 cm³/mol. The van der Waals surface area contributed by atoms with Crippen molar-refractivity contribution < 1.29 is 19.6 Å². The smallest absolute Gasteiger partial charge is 0.341 e. The molecule has 0 aliphatic rings. The molecule has 0 spiro atoms. The second-order valence-electron chi connectivity index (χ2n) is 2.58. The highest BCUT2D eigenvalue weighted by molar-refractivity contribution is 9.10. The largest absolute Gasteiger partial charge is 0.482 e. The van der Waals surface area contributed by atoms with Gasteiger partial charge in [-0.15, -0.1) is 0 Å². The van der Waals surface area contributed by atoms with Crippen LogP contribution in [-0.4, -0.2) is 22.6 Å². The number of halogens is 1. The molecule has 0 saturated carbocycles. The summed E-state index contributed by atoms with van der Waals surface area (Å²) in [6, 6.07) is 3.91. The van der Waals surface area contributed by atoms with Gasteiger partial charge in [0.1, 0.15) is 5.75 Å². The Kier molecular flexibility index (Phi) is 3.62. The number of carboxylic acids is 1. The molecule has 1 rings (SSSR count). The molecule has 0 saturated heterocycles. The highest BCUT2D eigenvalue weighted by atomic mass is 79.9. The summed E-state index contributed by atoms with van der Waals surface area (Å²) in [6.45, 7) is -0.534. The molecular formula is C8H6BrNO5. The van der Waals surface area contributed by atoms with Crippen LogP contribution in [0.2, 0.25) is 0 Å². The van der Waals surface area contributed by atoms with Gasteiger partial charge in [0.25, 0.3) is 5.69 Å². The minimum absolute atomic E-state index is 0.137. The summed E-state index contributed by atoms with van der Waals surface area (Å²) in [5.74, 6) is -1.00. The third-order valence-corrected chi connectivity index (χ3v) is 1.89. The first kappa shape index (κ1) is 11.4. The third-order valence-electron chi connectivity index (χ3n) is 1.43. The Labute approximate surface area is 92.8 Å². The zero-order valence-corrected chi connectivity index (χ0v) is 8.93. The minimum atomic E-state index is -1.14. The Morgan fingerprint density at radius 1 is 1.53 bits per heavy atom. The highest BCUT2D eigenvalue weighted by Crippen LogP contribution is 2.25. The van der Waals surface area contributed by atoms with Gasteiger partial charge in [-0.25, -0.2) is 4.79 Å². The normalized spacial score (nSPS) is 9.67. The molecule has 0 radical (unpaired) electrons. The van der Waals surface area contributed by atoms with Gasteiger partial charge in [-0.1, -0.05) is 15.9 Å². The first-order valence-electron chi connectivity index (χ1n) is 3.78. The van der Waals surface area contributed by atoms with Crippen molar-refractivity contribution in [2.45, 2.75) is 0 Å². The number of benzene rings is 1. The van der Waals surface area contributed by atoms with Crippen molar-refractivity contribution in [1.29, 1.82) is 0 Å². The molecular weight excluding hydrogens is 270 g/mol. The van der Waals surface area contributed by atoms with E-state index >= 15 is 0 Å². The molecule has 0 aromatic heterocycles. The number of hydrogen-bond acceptors (Lipinski definition) is 4. The SMILES string of the molecule is O=C(O)COc1cc(Br)cc([N+](=O)[O-])c1. The second-order valence-corrected chi connectivity index (χ2v) is 3.50. The molecule has 6 nitrogen and oxygen atoms in total. The van der Waals surface area contributed by atoms with Gasteiger partial charge in [0, 0.05) is 10.5 Å². The molecule has 1 N–H and O–H groups in total. The van der Waals surface area contributed by atoms with Gasteiger partial charge in [-0.3, -0.25) is 10.1 Å². The number of hydrogen-bond donors (Lipinski definition) is 1. The Bertz CT molecular complexity index is 406. The lowest BCUT2D eigenvalue weighted by Crippen LogP contribution is -2.09. The van der Waals surface area contributed by atoms with E-state index in [4.69, 9.17) is 9.84 Å². The van der Waals surface area contributed by atoms with Gasteiger partial charge >= 0.3 is 5.97 Å². The fraction of sp³-hybridized carbons (Fsp3) is 0.125. The van der Waals surface area contributed by atoms with Crippen molar-refractivity contribution in [3.8, 4) is 5.75 Å². The van der Waals surface area contributed by atoms with E-state index in [-0.39, 0.29) is 11.4 Å². The minimum Gasteiger partial charge on any atom is -0.482 e. The lowest BCUT2D eigenvalue weighted by Gasteiger charge is -2.03. The van der Waals surface area contributed by atoms with Gasteiger partial charge < -0.3 is 9.84 Å². The Morgan fingerprint density at radius 2 is 2.20 bits per heavy atom. The first-order valence-corrected chi connectivity index (χ1v) is 4.58. The van der Waals surface area contributed by atoms with E-state index in [1.165, 1.54) is 12.1 Å². The van der Waals surface area contributed by atoms with E-state index in [9.17, 15) is 14.9 Å². The van der Waals surface area contributed by atoms with E-state index in [2.05, 4.69) is 15.9 Å². The maximum Gasteiger partial charge on any atom is 0.341 e. The summed E-state index contributed by atoms with van der Waals surface area (Å²) in [4.78, 5) is 20.1. The fourth-order valence-corrected chi connectivity index (χ4v) is 1.34. The van der Waals surface area contributed by atoms with Crippen LogP contribution in [0.3, 0.4) is 0 Å². The van der Waals surface area contributed by atoms with Gasteiger partial charge in [0.15, 0.2) is 6.61 Å². The van der Waals surface area contributed by atoms with Crippen molar-refractivity contribution in [3.63, 3.8) is 0 Å². The zero-order valence-electron chi connectivity index (χ0n) is 7.34. The predicted octanol–water partition coefficient (Wildman–Crippen LogP) is 1.82. The van der Waals surface area contributed by atoms with E-state index in [1.54, 1.807) is 0 Å². The quantitative estimate of drug-likeness (QED) is 0.669. The molecule has 0 fully saturated rings. The Hall–Kier alpha value is -1.63. The molecule has 0 heterocycles. The first-order chi connectivity index (χ1) is 6.99. The number of rotatable bonds is 4. The van der Waals surface area contributed by atoms with E-state index in [0.29, 0.717) is 4.47 Å². The van der Waals surface area contributed by atoms with Gasteiger partial charge in [-0.05, 0) is 6.07 Å². The third kappa shape index (κ3) is 3.55. The van der Waals surface area contributed by atoms with Gasteiger partial charge in [-0.2, -0.15) is 0 Å². The molecule has 0 aliphatic heterocycles. The Morgan fingerprint density at radius 3 is 2.73 bits per heavy atom. The van der Waals surface area contributed by atoms with E-state index in [1.807, 2.05) is 0 Å². The molecule has 15 heavy (non-hydrogen) atoms. The summed E-state index contributed by atoms with van der Waals surface area (Å²) in [5.41, 5.74) is -0.162. The van der Waals surface area contributed by atoms with Crippen LogP contribution in [0.1, 0.15) is 0 Å². The standard InChI is InChI=1S/C8H6BrNO5/c9-5-1-6(10(13)14)3-7(2-5)15-4-8(11)12/h1-3H,4H2,(H,11,12). The number of ether oxygens (including phenoxy) is 1. The number of carboxylic acid groups (broad SMARTS) is 1. The van der Waals surface area contributed by atoms with Crippen molar-refractivity contribution >= 4 is 27.6 Å². The number of non-ortho nitro benzene ring substituents is 1. The summed E-state index contributed by atoms with van der Waals surface area (Å²) in [6.07, 6.45) is 0. The van der Waals surface area contributed by atoms with Crippen LogP contribution in [0.4, 0.5) is 5.69 Å². The van der Waals surface area contributed by atoms with Crippen molar-refractivity contribution in [1.82, 2.24) is 0 Å². The van der Waals surface area contributed by atoms with Crippen molar-refractivity contribution in [2.75, 3.05) is 6.61 Å². The van der Waals surface area contributed by atoms with Crippen LogP contribution in [0.15, 0.2) is 22.7 Å². The van der Waals surface area contributed by atoms with Crippen LogP contribution in [0, 0.1) is 10.1 Å². The monoisotopic (exact) mass is 275 g/mol. The summed E-state index contributed by atoms with van der Waals surface area (Å²) < 4.78 is 5.26. The zero-order chi connectivity index (χ0) is 11.4. The summed E-state index contributed by atoms with van der Waals surface area (Å²) in [5, 5.41) is 18.8. The summed E-state index contributed by atoms with van der Waals surface area (Å²) >= 11 is 3.06. The van der Waals surface area contributed by atoms with E-state index < -0.39 is 17.5 Å². The van der Waals surface area contributed by atoms with Crippen molar-refractivity contribution in [2.24, 2.45) is 0 Å². The Balaban J connectivity index is 2.88. The average molecular weight is 276 g/mol. The number of aliphatic carboxylic acids is 1. The number of carbonyl (C=O) groups is 1. The summed E-state index contributed by atoms with van der Waals surface area (Å²) in [7, 11) is 0. The maximum absolute atomic E-state index is 10.5. The van der Waals surface area contributed by atoms with Crippen LogP contribution in [-0.2, 0) is 4.79 Å². The lowest BCUT2D eigenvalue weighted by molar-refractivity contribution is -0.385. The molecule has 0 unspecified atom stereocenters. The molecule has 0 aliphatic carbocycles. The van der Waals surface area contributed by atoms with E-state index in [0.717, 1.165) is 6.07 Å². The number of nitro benzene ring substituents is 1. The fourth-order valence-electron chi connectivity index (χ4n) is 0.882. The van der Waals surface area contributed by atoms with Crippen molar-refractivity contribution in [3.05, 3.63) is 32.8 Å². The van der Waals surface area contributed by atoms with Crippen LogP contribution < -0.4 is 4.74 Å². The number of nitro groups is 1. The van der Waals surface area contributed by atoms with Crippen LogP contribution in [0.25, 0.3) is 0 Å². The molecule has 1 aromatic carbocycles. The molecule has 0 bridgehead atoms.